The van der Waals surface area contributed by atoms with E-state index in [2.05, 4.69) is 18.7 Å². The highest BCUT2D eigenvalue weighted by atomic mass is 16.5. The van der Waals surface area contributed by atoms with Crippen molar-refractivity contribution >= 4 is 0 Å². The van der Waals surface area contributed by atoms with Gasteiger partial charge in [0.25, 0.3) is 0 Å². The Bertz CT molecular complexity index is 165. The van der Waals surface area contributed by atoms with Gasteiger partial charge in [-0.15, -0.1) is 0 Å². The second-order valence-electron chi connectivity index (χ2n) is 5.17. The van der Waals surface area contributed by atoms with Gasteiger partial charge >= 0.3 is 0 Å². The molecule has 0 radical (unpaired) electrons. The largest absolute Gasteiger partial charge is 0.396 e. The molecule has 1 saturated heterocycles. The summed E-state index contributed by atoms with van der Waals surface area (Å²) in [5.41, 5.74) is 0. The first kappa shape index (κ1) is 13.9. The molecule has 1 aliphatic heterocycles. The number of rotatable bonds is 7. The molecule has 0 spiro atoms. The topological polar surface area (TPSA) is 32.7 Å². The van der Waals surface area contributed by atoms with Gasteiger partial charge in [0.15, 0.2) is 0 Å². The van der Waals surface area contributed by atoms with Gasteiger partial charge in [0.05, 0.1) is 6.10 Å². The van der Waals surface area contributed by atoms with E-state index in [4.69, 9.17) is 9.84 Å². The van der Waals surface area contributed by atoms with Crippen molar-refractivity contribution in [1.82, 2.24) is 4.90 Å². The minimum Gasteiger partial charge on any atom is -0.396 e. The molecule has 0 amide bonds. The Morgan fingerprint density at radius 3 is 2.56 bits per heavy atom. The molecule has 0 bridgehead atoms. The van der Waals surface area contributed by atoms with Gasteiger partial charge in [0.1, 0.15) is 0 Å². The number of hydrogen-bond donors (Lipinski definition) is 1. The summed E-state index contributed by atoms with van der Waals surface area (Å²) in [5, 5.41) is 8.67. The van der Waals surface area contributed by atoms with Crippen molar-refractivity contribution in [3.63, 3.8) is 0 Å². The molecule has 0 aromatic carbocycles. The first-order valence-electron chi connectivity index (χ1n) is 6.67. The van der Waals surface area contributed by atoms with E-state index in [1.54, 1.807) is 0 Å². The van der Waals surface area contributed by atoms with Crippen LogP contribution in [0.3, 0.4) is 0 Å². The molecule has 1 fully saturated rings. The predicted molar refractivity (Wildman–Crippen MR) is 66.6 cm³/mol. The van der Waals surface area contributed by atoms with E-state index in [0.717, 1.165) is 25.2 Å². The number of aliphatic hydroxyl groups excluding tert-OH is 1. The van der Waals surface area contributed by atoms with Crippen LogP contribution in [-0.2, 0) is 4.74 Å². The Labute approximate surface area is 99.8 Å². The maximum absolute atomic E-state index is 8.67. The van der Waals surface area contributed by atoms with E-state index in [1.807, 2.05) is 0 Å². The van der Waals surface area contributed by atoms with Crippen molar-refractivity contribution in [3.05, 3.63) is 0 Å². The summed E-state index contributed by atoms with van der Waals surface area (Å²) in [6.07, 6.45) is 4.82. The van der Waals surface area contributed by atoms with Crippen molar-refractivity contribution in [3.8, 4) is 0 Å². The predicted octanol–water partition coefficient (Wildman–Crippen LogP) is 1.90. The van der Waals surface area contributed by atoms with E-state index in [1.165, 1.54) is 26.1 Å². The smallest absolute Gasteiger partial charge is 0.0599 e. The average molecular weight is 229 g/mol. The van der Waals surface area contributed by atoms with Gasteiger partial charge in [-0.1, -0.05) is 13.8 Å². The zero-order valence-electron chi connectivity index (χ0n) is 10.8. The number of nitrogens with zero attached hydrogens (tertiary/aromatic N) is 1. The Morgan fingerprint density at radius 2 is 2.00 bits per heavy atom. The molecule has 0 aliphatic carbocycles. The van der Waals surface area contributed by atoms with Crippen molar-refractivity contribution in [1.29, 1.82) is 0 Å². The fourth-order valence-electron chi connectivity index (χ4n) is 2.05. The van der Waals surface area contributed by atoms with Gasteiger partial charge in [-0.3, -0.25) is 0 Å². The summed E-state index contributed by atoms with van der Waals surface area (Å²) < 4.78 is 5.71. The van der Waals surface area contributed by atoms with Crippen LogP contribution >= 0.6 is 0 Å². The van der Waals surface area contributed by atoms with Crippen LogP contribution in [0, 0.1) is 5.92 Å². The van der Waals surface area contributed by atoms with Gasteiger partial charge in [-0.05, 0) is 38.1 Å². The van der Waals surface area contributed by atoms with Crippen LogP contribution < -0.4 is 0 Å². The molecule has 16 heavy (non-hydrogen) atoms. The molecule has 1 rings (SSSR count). The molecular formula is C13H27NO2. The molecule has 0 aromatic heterocycles. The number of likely N-dealkylation sites (tertiary alicyclic amines) is 1. The Morgan fingerprint density at radius 1 is 1.31 bits per heavy atom. The first-order valence-corrected chi connectivity index (χ1v) is 6.67. The number of hydrogen-bond acceptors (Lipinski definition) is 3. The lowest BCUT2D eigenvalue weighted by molar-refractivity contribution is 0.00169. The normalized spacial score (nSPS) is 19.5. The van der Waals surface area contributed by atoms with E-state index >= 15 is 0 Å². The van der Waals surface area contributed by atoms with Crippen molar-refractivity contribution in [2.75, 3.05) is 32.8 Å². The summed E-state index contributed by atoms with van der Waals surface area (Å²) in [6.45, 7) is 9.12. The van der Waals surface area contributed by atoms with Crippen LogP contribution in [0.1, 0.15) is 39.5 Å². The molecule has 0 aromatic rings. The summed E-state index contributed by atoms with van der Waals surface area (Å²) in [6, 6.07) is 0. The minimum absolute atomic E-state index is 0.243. The molecule has 0 saturated carbocycles. The van der Waals surface area contributed by atoms with Crippen LogP contribution in [0.5, 0.6) is 0 Å². The molecule has 3 heteroatoms. The van der Waals surface area contributed by atoms with Gasteiger partial charge in [-0.2, -0.15) is 0 Å². The molecular weight excluding hydrogens is 202 g/mol. The van der Waals surface area contributed by atoms with Gasteiger partial charge < -0.3 is 14.7 Å². The number of ether oxygens (including phenoxy) is 1. The second-order valence-corrected chi connectivity index (χ2v) is 5.17. The number of aliphatic hydroxyl groups is 1. The van der Waals surface area contributed by atoms with Crippen molar-refractivity contribution in [2.45, 2.75) is 45.6 Å². The third-order valence-electron chi connectivity index (χ3n) is 3.21. The lowest BCUT2D eigenvalue weighted by Crippen LogP contribution is -2.38. The maximum atomic E-state index is 8.67. The molecule has 96 valence electrons. The molecule has 1 aliphatic rings. The monoisotopic (exact) mass is 229 g/mol. The van der Waals surface area contributed by atoms with Crippen LogP contribution in [0.4, 0.5) is 0 Å². The zero-order chi connectivity index (χ0) is 11.8. The van der Waals surface area contributed by atoms with E-state index in [0.29, 0.717) is 12.7 Å². The van der Waals surface area contributed by atoms with Crippen LogP contribution in [0.15, 0.2) is 0 Å². The average Bonchev–Trinajstić information content (AvgIpc) is 2.28. The van der Waals surface area contributed by atoms with Crippen LogP contribution in [0.2, 0.25) is 0 Å². The fourth-order valence-corrected chi connectivity index (χ4v) is 2.05. The quantitative estimate of drug-likeness (QED) is 0.677. The molecule has 0 atom stereocenters. The summed E-state index contributed by atoms with van der Waals surface area (Å²) in [4.78, 5) is 2.55. The highest BCUT2D eigenvalue weighted by Gasteiger charge is 2.19. The minimum atomic E-state index is 0.243. The van der Waals surface area contributed by atoms with E-state index in [-0.39, 0.29) is 6.61 Å². The second kappa shape index (κ2) is 8.04. The van der Waals surface area contributed by atoms with Gasteiger partial charge in [-0.25, -0.2) is 0 Å². The zero-order valence-corrected chi connectivity index (χ0v) is 10.8. The summed E-state index contributed by atoms with van der Waals surface area (Å²) >= 11 is 0. The Kier molecular flexibility index (Phi) is 7.01. The van der Waals surface area contributed by atoms with Gasteiger partial charge in [0.2, 0.25) is 0 Å². The highest BCUT2D eigenvalue weighted by Crippen LogP contribution is 2.15. The summed E-state index contributed by atoms with van der Waals surface area (Å²) in [5.74, 6) is 0.804. The summed E-state index contributed by atoms with van der Waals surface area (Å²) in [7, 11) is 0. The number of piperidine rings is 1. The van der Waals surface area contributed by atoms with Crippen LogP contribution in [0.25, 0.3) is 0 Å². The van der Waals surface area contributed by atoms with E-state index < -0.39 is 0 Å². The lowest BCUT2D eigenvalue weighted by Gasteiger charge is -2.32. The maximum Gasteiger partial charge on any atom is 0.0599 e. The lowest BCUT2D eigenvalue weighted by atomic mass is 10.1. The molecule has 0 unspecified atom stereocenters. The third-order valence-corrected chi connectivity index (χ3v) is 3.21. The molecule has 1 heterocycles. The third kappa shape index (κ3) is 5.83. The molecule has 1 N–H and O–H groups in total. The Balaban J connectivity index is 2.04. The SMILES string of the molecule is CC(C)CCN1CCC(OCCCO)CC1. The van der Waals surface area contributed by atoms with Crippen LogP contribution in [-0.4, -0.2) is 49.0 Å². The fraction of sp³-hybridized carbons (Fsp3) is 1.00. The van der Waals surface area contributed by atoms with Gasteiger partial charge in [0, 0.05) is 26.3 Å². The standard InChI is InChI=1S/C13H27NO2/c1-12(2)4-7-14-8-5-13(6-9-14)16-11-3-10-15/h12-13,15H,3-11H2,1-2H3. The highest BCUT2D eigenvalue weighted by molar-refractivity contribution is 4.72. The van der Waals surface area contributed by atoms with Crippen molar-refractivity contribution < 1.29 is 9.84 Å². The van der Waals surface area contributed by atoms with E-state index in [9.17, 15) is 0 Å². The molecule has 3 nitrogen and oxygen atoms in total. The van der Waals surface area contributed by atoms with Crippen molar-refractivity contribution in [2.24, 2.45) is 5.92 Å². The Hall–Kier alpha value is -0.120. The first-order chi connectivity index (χ1) is 7.72.